The third kappa shape index (κ3) is 5.39. The number of benzene rings is 2. The number of nitrogens with zero attached hydrogens (tertiary/aromatic N) is 2. The minimum absolute atomic E-state index is 0.105. The molecule has 0 unspecified atom stereocenters. The summed E-state index contributed by atoms with van der Waals surface area (Å²) in [6.45, 7) is 1.69. The maximum Gasteiger partial charge on any atom is 0.357 e. The number of esters is 3. The zero-order chi connectivity index (χ0) is 26.4. The molecule has 0 saturated heterocycles. The lowest BCUT2D eigenvalue weighted by atomic mass is 10.0. The molecular formula is C24H22Br2N2O8. The molecule has 0 radical (unpaired) electrons. The molecule has 1 heterocycles. The predicted molar refractivity (Wildman–Crippen MR) is 136 cm³/mol. The number of ether oxygens (including phenoxy) is 5. The Bertz CT molecular complexity index is 1290. The van der Waals surface area contributed by atoms with Gasteiger partial charge >= 0.3 is 17.9 Å². The van der Waals surface area contributed by atoms with Crippen LogP contribution in [0.25, 0.3) is 16.9 Å². The number of rotatable bonds is 9. The second-order valence-corrected chi connectivity index (χ2v) is 8.57. The summed E-state index contributed by atoms with van der Waals surface area (Å²) in [5, 5.41) is 4.60. The van der Waals surface area contributed by atoms with E-state index >= 15 is 0 Å². The van der Waals surface area contributed by atoms with Crippen molar-refractivity contribution in [3.05, 3.63) is 56.6 Å². The van der Waals surface area contributed by atoms with E-state index < -0.39 is 17.9 Å². The fourth-order valence-corrected chi connectivity index (χ4v) is 4.29. The zero-order valence-corrected chi connectivity index (χ0v) is 23.0. The highest BCUT2D eigenvalue weighted by Crippen LogP contribution is 2.47. The Labute approximate surface area is 223 Å². The lowest BCUT2D eigenvalue weighted by molar-refractivity contribution is -0.142. The summed E-state index contributed by atoms with van der Waals surface area (Å²) in [5.74, 6) is -1.66. The minimum Gasteiger partial charge on any atom is -0.490 e. The van der Waals surface area contributed by atoms with Crippen molar-refractivity contribution < 1.29 is 38.1 Å². The van der Waals surface area contributed by atoms with Crippen LogP contribution in [0.3, 0.4) is 0 Å². The van der Waals surface area contributed by atoms with Crippen LogP contribution in [-0.2, 0) is 19.0 Å². The van der Waals surface area contributed by atoms with Gasteiger partial charge < -0.3 is 23.7 Å². The van der Waals surface area contributed by atoms with E-state index in [-0.39, 0.29) is 41.7 Å². The summed E-state index contributed by atoms with van der Waals surface area (Å²) in [7, 11) is 3.66. The van der Waals surface area contributed by atoms with Gasteiger partial charge in [0.2, 0.25) is 0 Å². The van der Waals surface area contributed by atoms with Gasteiger partial charge in [0.15, 0.2) is 23.8 Å². The van der Waals surface area contributed by atoms with Crippen LogP contribution in [-0.4, -0.2) is 62.2 Å². The SMILES string of the molecule is CCOc1cc(-c2nn(-c3ccccc3)c(C(=O)OC)c2C(=O)OC)c(Br)c(Br)c1OCC(=O)OC. The van der Waals surface area contributed by atoms with E-state index in [1.807, 2.05) is 6.07 Å². The largest absolute Gasteiger partial charge is 0.490 e. The van der Waals surface area contributed by atoms with E-state index in [0.717, 1.165) is 0 Å². The summed E-state index contributed by atoms with van der Waals surface area (Å²) in [4.78, 5) is 37.4. The highest BCUT2D eigenvalue weighted by molar-refractivity contribution is 9.13. The Morgan fingerprint density at radius 2 is 1.58 bits per heavy atom. The lowest BCUT2D eigenvalue weighted by Gasteiger charge is -2.16. The van der Waals surface area contributed by atoms with Crippen LogP contribution in [0.15, 0.2) is 45.3 Å². The third-order valence-corrected chi connectivity index (χ3v) is 7.01. The average Bonchev–Trinajstić information content (AvgIpc) is 3.30. The van der Waals surface area contributed by atoms with Gasteiger partial charge in [-0.25, -0.2) is 19.1 Å². The van der Waals surface area contributed by atoms with E-state index in [9.17, 15) is 14.4 Å². The van der Waals surface area contributed by atoms with E-state index in [4.69, 9.17) is 18.9 Å². The first kappa shape index (κ1) is 27.2. The van der Waals surface area contributed by atoms with Crippen molar-refractivity contribution in [2.24, 2.45) is 0 Å². The molecule has 0 amide bonds. The molecule has 0 saturated carbocycles. The van der Waals surface area contributed by atoms with Gasteiger partial charge in [-0.05, 0) is 57.0 Å². The maximum atomic E-state index is 13.0. The Morgan fingerprint density at radius 1 is 0.917 bits per heavy atom. The number of carbonyl (C=O) groups is 3. The number of para-hydroxylation sites is 1. The molecule has 0 N–H and O–H groups in total. The van der Waals surface area contributed by atoms with Crippen molar-refractivity contribution in [2.75, 3.05) is 34.5 Å². The summed E-state index contributed by atoms with van der Waals surface area (Å²) >= 11 is 6.98. The molecule has 2 aromatic carbocycles. The van der Waals surface area contributed by atoms with Gasteiger partial charge in [0.25, 0.3) is 0 Å². The fraction of sp³-hybridized carbons (Fsp3) is 0.250. The Hall–Kier alpha value is -3.38. The van der Waals surface area contributed by atoms with Gasteiger partial charge in [-0.15, -0.1) is 0 Å². The number of aromatic nitrogens is 2. The van der Waals surface area contributed by atoms with Gasteiger partial charge in [-0.3, -0.25) is 0 Å². The Balaban J connectivity index is 2.34. The smallest absolute Gasteiger partial charge is 0.357 e. The van der Waals surface area contributed by atoms with E-state index in [1.165, 1.54) is 26.0 Å². The van der Waals surface area contributed by atoms with Crippen LogP contribution in [0.1, 0.15) is 27.8 Å². The molecule has 36 heavy (non-hydrogen) atoms. The normalized spacial score (nSPS) is 10.5. The number of methoxy groups -OCH3 is 3. The van der Waals surface area contributed by atoms with E-state index in [0.29, 0.717) is 20.2 Å². The monoisotopic (exact) mass is 624 g/mol. The van der Waals surface area contributed by atoms with Crippen LogP contribution in [0, 0.1) is 0 Å². The van der Waals surface area contributed by atoms with Crippen molar-refractivity contribution >= 4 is 49.8 Å². The predicted octanol–water partition coefficient (Wildman–Crippen LogP) is 4.59. The Kier molecular flexibility index (Phi) is 9.10. The van der Waals surface area contributed by atoms with E-state index in [1.54, 1.807) is 37.3 Å². The average molecular weight is 626 g/mol. The number of carbonyl (C=O) groups excluding carboxylic acids is 3. The van der Waals surface area contributed by atoms with Gasteiger partial charge in [0, 0.05) is 10.0 Å². The second kappa shape index (κ2) is 12.0. The number of hydrogen-bond donors (Lipinski definition) is 0. The van der Waals surface area contributed by atoms with Gasteiger partial charge in [0.1, 0.15) is 11.3 Å². The summed E-state index contributed by atoms with van der Waals surface area (Å²) in [6, 6.07) is 10.4. The van der Waals surface area contributed by atoms with Gasteiger partial charge in [-0.1, -0.05) is 18.2 Å². The highest BCUT2D eigenvalue weighted by Gasteiger charge is 2.33. The first-order chi connectivity index (χ1) is 17.3. The molecule has 12 heteroatoms. The van der Waals surface area contributed by atoms with Crippen molar-refractivity contribution in [3.8, 4) is 28.4 Å². The van der Waals surface area contributed by atoms with Crippen molar-refractivity contribution in [3.63, 3.8) is 0 Å². The topological polar surface area (TPSA) is 115 Å². The molecule has 0 bridgehead atoms. The van der Waals surface area contributed by atoms with Crippen LogP contribution in [0.5, 0.6) is 11.5 Å². The quantitative estimate of drug-likeness (QED) is 0.249. The number of halogens is 2. The molecule has 0 aliphatic carbocycles. The molecule has 3 rings (SSSR count). The van der Waals surface area contributed by atoms with Gasteiger partial charge in [-0.2, -0.15) is 5.10 Å². The van der Waals surface area contributed by atoms with Crippen molar-refractivity contribution in [1.82, 2.24) is 9.78 Å². The molecule has 0 spiro atoms. The third-order valence-electron chi connectivity index (χ3n) is 4.90. The molecule has 0 atom stereocenters. The van der Waals surface area contributed by atoms with Crippen molar-refractivity contribution in [2.45, 2.75) is 6.92 Å². The molecule has 0 aliphatic rings. The molecule has 0 fully saturated rings. The summed E-state index contributed by atoms with van der Waals surface area (Å²) < 4.78 is 28.1. The van der Waals surface area contributed by atoms with Crippen molar-refractivity contribution in [1.29, 1.82) is 0 Å². The molecular weight excluding hydrogens is 604 g/mol. The summed E-state index contributed by atoms with van der Waals surface area (Å²) in [5.41, 5.74) is 0.812. The molecule has 3 aromatic rings. The first-order valence-corrected chi connectivity index (χ1v) is 12.1. The molecule has 1 aromatic heterocycles. The standard InChI is InChI=1S/C24H22Br2N2O8/c1-5-35-15-11-14(18(25)19(26)22(15)36-12-16(29)32-2)20-17(23(30)33-3)21(24(31)34-4)28(27-20)13-9-7-6-8-10-13/h6-11H,5,12H2,1-4H3. The fourth-order valence-electron chi connectivity index (χ4n) is 3.29. The van der Waals surface area contributed by atoms with Crippen LogP contribution < -0.4 is 9.47 Å². The molecule has 10 nitrogen and oxygen atoms in total. The number of hydrogen-bond acceptors (Lipinski definition) is 9. The Morgan fingerprint density at radius 3 is 2.17 bits per heavy atom. The summed E-state index contributed by atoms with van der Waals surface area (Å²) in [6.07, 6.45) is 0. The van der Waals surface area contributed by atoms with E-state index in [2.05, 4.69) is 41.7 Å². The van der Waals surface area contributed by atoms with Gasteiger partial charge in [0.05, 0.1) is 38.1 Å². The lowest BCUT2D eigenvalue weighted by Crippen LogP contribution is -2.15. The highest BCUT2D eigenvalue weighted by atomic mass is 79.9. The molecule has 190 valence electrons. The zero-order valence-electron chi connectivity index (χ0n) is 19.8. The minimum atomic E-state index is -0.792. The maximum absolute atomic E-state index is 13.0. The van der Waals surface area contributed by atoms with Crippen LogP contribution in [0.4, 0.5) is 0 Å². The van der Waals surface area contributed by atoms with Crippen LogP contribution in [0.2, 0.25) is 0 Å². The second-order valence-electron chi connectivity index (χ2n) is 6.98. The molecule has 0 aliphatic heterocycles. The first-order valence-electron chi connectivity index (χ1n) is 10.5. The van der Waals surface area contributed by atoms with Crippen LogP contribution >= 0.6 is 31.9 Å².